The monoisotopic (exact) mass is 373 g/mol. The molecule has 2 aromatic rings. The Labute approximate surface area is 157 Å². The molecule has 7 heteroatoms. The normalized spacial score (nSPS) is 15.1. The van der Waals surface area contributed by atoms with Crippen LogP contribution in [0.1, 0.15) is 17.7 Å². The molecule has 0 atom stereocenters. The highest BCUT2D eigenvalue weighted by Crippen LogP contribution is 2.20. The number of thiophene rings is 1. The van der Waals surface area contributed by atoms with Crippen LogP contribution in [0.3, 0.4) is 0 Å². The highest BCUT2D eigenvalue weighted by atomic mass is 32.1. The van der Waals surface area contributed by atoms with Gasteiger partial charge < -0.3 is 20.1 Å². The van der Waals surface area contributed by atoms with Gasteiger partial charge in [0.1, 0.15) is 11.6 Å². The second-order valence-corrected chi connectivity index (χ2v) is 6.86. The minimum atomic E-state index is 0.172. The van der Waals surface area contributed by atoms with Crippen molar-refractivity contribution in [1.29, 1.82) is 0 Å². The number of morpholine rings is 1. The number of ether oxygens (including phenoxy) is 2. The Kier molecular flexibility index (Phi) is 6.62. The van der Waals surface area contributed by atoms with Gasteiger partial charge in [0, 0.05) is 19.5 Å². The van der Waals surface area contributed by atoms with Crippen molar-refractivity contribution in [2.45, 2.75) is 12.8 Å². The third-order valence-electron chi connectivity index (χ3n) is 4.03. The fraction of sp³-hybridized carbons (Fsp3) is 0.368. The minimum Gasteiger partial charge on any atom is -0.494 e. The van der Waals surface area contributed by atoms with E-state index in [0.29, 0.717) is 51.6 Å². The zero-order valence-electron chi connectivity index (χ0n) is 14.6. The average molecular weight is 373 g/mol. The van der Waals surface area contributed by atoms with Gasteiger partial charge in [-0.05, 0) is 42.1 Å². The van der Waals surface area contributed by atoms with Crippen molar-refractivity contribution in [3.63, 3.8) is 0 Å². The minimum absolute atomic E-state index is 0.172. The molecule has 0 spiro atoms. The molecule has 3 rings (SSSR count). The highest BCUT2D eigenvalue weighted by Gasteiger charge is 2.15. The van der Waals surface area contributed by atoms with E-state index in [4.69, 9.17) is 15.2 Å². The van der Waals surface area contributed by atoms with Crippen LogP contribution in [-0.2, 0) is 9.53 Å². The summed E-state index contributed by atoms with van der Waals surface area (Å²) in [4.78, 5) is 19.3. The SMILES string of the molecule is NC(=Nc1ccc(OCCCC(=O)N2CCOCC2)cc1)c1cccs1. The van der Waals surface area contributed by atoms with Gasteiger partial charge >= 0.3 is 0 Å². The molecule has 0 radical (unpaired) electrons. The number of aliphatic imine (C=N–C) groups is 1. The third kappa shape index (κ3) is 5.31. The molecule has 0 bridgehead atoms. The molecule has 1 aliphatic heterocycles. The number of amides is 1. The predicted octanol–water partition coefficient (Wildman–Crippen LogP) is 2.80. The maximum Gasteiger partial charge on any atom is 0.222 e. The Morgan fingerprint density at radius 3 is 2.69 bits per heavy atom. The summed E-state index contributed by atoms with van der Waals surface area (Å²) in [6.07, 6.45) is 1.20. The van der Waals surface area contributed by atoms with Gasteiger partial charge in [-0.25, -0.2) is 4.99 Å². The lowest BCUT2D eigenvalue weighted by molar-refractivity contribution is -0.135. The average Bonchev–Trinajstić information content (AvgIpc) is 3.22. The number of carbonyl (C=O) groups excluding carboxylic acids is 1. The summed E-state index contributed by atoms with van der Waals surface area (Å²) in [5.74, 6) is 1.44. The number of hydrogen-bond acceptors (Lipinski definition) is 5. The Morgan fingerprint density at radius 1 is 1.23 bits per heavy atom. The van der Waals surface area contributed by atoms with Gasteiger partial charge in [-0.2, -0.15) is 0 Å². The van der Waals surface area contributed by atoms with E-state index < -0.39 is 0 Å². The van der Waals surface area contributed by atoms with Crippen molar-refractivity contribution in [3.8, 4) is 5.75 Å². The zero-order valence-corrected chi connectivity index (χ0v) is 15.4. The zero-order chi connectivity index (χ0) is 18.2. The van der Waals surface area contributed by atoms with E-state index in [0.717, 1.165) is 16.3 Å². The molecule has 0 saturated carbocycles. The summed E-state index contributed by atoms with van der Waals surface area (Å²) >= 11 is 1.56. The quantitative estimate of drug-likeness (QED) is 0.460. The van der Waals surface area contributed by atoms with Gasteiger partial charge in [-0.3, -0.25) is 4.79 Å². The number of hydrogen-bond donors (Lipinski definition) is 1. The van der Waals surface area contributed by atoms with Crippen LogP contribution in [0, 0.1) is 0 Å². The van der Waals surface area contributed by atoms with E-state index in [1.54, 1.807) is 11.3 Å². The summed E-state index contributed by atoms with van der Waals surface area (Å²) in [5, 5.41) is 1.97. The molecule has 1 aliphatic rings. The van der Waals surface area contributed by atoms with Crippen LogP contribution < -0.4 is 10.5 Å². The van der Waals surface area contributed by atoms with Crippen LogP contribution in [0.5, 0.6) is 5.75 Å². The molecule has 1 amide bonds. The van der Waals surface area contributed by atoms with E-state index >= 15 is 0 Å². The molecule has 1 aromatic carbocycles. The maximum absolute atomic E-state index is 12.0. The molecule has 26 heavy (non-hydrogen) atoms. The third-order valence-corrected chi connectivity index (χ3v) is 4.92. The van der Waals surface area contributed by atoms with E-state index in [9.17, 15) is 4.79 Å². The highest BCUT2D eigenvalue weighted by molar-refractivity contribution is 7.12. The van der Waals surface area contributed by atoms with E-state index in [1.165, 1.54) is 0 Å². The van der Waals surface area contributed by atoms with E-state index in [2.05, 4.69) is 4.99 Å². The molecule has 2 N–H and O–H groups in total. The van der Waals surface area contributed by atoms with Crippen molar-refractivity contribution in [3.05, 3.63) is 46.7 Å². The smallest absolute Gasteiger partial charge is 0.222 e. The number of nitrogens with zero attached hydrogens (tertiary/aromatic N) is 2. The lowest BCUT2D eigenvalue weighted by atomic mass is 10.2. The van der Waals surface area contributed by atoms with Gasteiger partial charge in [0.05, 0.1) is 30.4 Å². The lowest BCUT2D eigenvalue weighted by Gasteiger charge is -2.26. The lowest BCUT2D eigenvalue weighted by Crippen LogP contribution is -2.40. The predicted molar refractivity (Wildman–Crippen MR) is 103 cm³/mol. The number of amidine groups is 1. The van der Waals surface area contributed by atoms with Crippen molar-refractivity contribution in [2.75, 3.05) is 32.9 Å². The summed E-state index contributed by atoms with van der Waals surface area (Å²) < 4.78 is 11.0. The fourth-order valence-corrected chi connectivity index (χ4v) is 3.25. The first-order valence-electron chi connectivity index (χ1n) is 8.69. The van der Waals surface area contributed by atoms with Crippen LogP contribution in [0.15, 0.2) is 46.8 Å². The second-order valence-electron chi connectivity index (χ2n) is 5.91. The topological polar surface area (TPSA) is 77.2 Å². The number of benzene rings is 1. The number of carbonyl (C=O) groups is 1. The Bertz CT molecular complexity index is 723. The van der Waals surface area contributed by atoms with Crippen molar-refractivity contribution < 1.29 is 14.3 Å². The molecule has 1 fully saturated rings. The molecule has 0 aliphatic carbocycles. The van der Waals surface area contributed by atoms with Crippen LogP contribution in [0.25, 0.3) is 0 Å². The molecular weight excluding hydrogens is 350 g/mol. The summed E-state index contributed by atoms with van der Waals surface area (Å²) in [5.41, 5.74) is 6.77. The van der Waals surface area contributed by atoms with Crippen LogP contribution in [-0.4, -0.2) is 49.6 Å². The summed E-state index contributed by atoms with van der Waals surface area (Å²) in [6, 6.07) is 11.4. The van der Waals surface area contributed by atoms with E-state index in [-0.39, 0.29) is 5.91 Å². The van der Waals surface area contributed by atoms with Crippen LogP contribution in [0.2, 0.25) is 0 Å². The second kappa shape index (κ2) is 9.35. The van der Waals surface area contributed by atoms with Gasteiger partial charge in [-0.1, -0.05) is 6.07 Å². The van der Waals surface area contributed by atoms with Crippen LogP contribution >= 0.6 is 11.3 Å². The first-order valence-corrected chi connectivity index (χ1v) is 9.57. The molecular formula is C19H23N3O3S. The number of nitrogens with two attached hydrogens (primary N) is 1. The Morgan fingerprint density at radius 2 is 2.00 bits per heavy atom. The molecule has 2 heterocycles. The van der Waals surface area contributed by atoms with Gasteiger partial charge in [0.25, 0.3) is 0 Å². The Hall–Kier alpha value is -2.38. The Balaban J connectivity index is 1.41. The van der Waals surface area contributed by atoms with Gasteiger partial charge in [0.2, 0.25) is 5.91 Å². The maximum atomic E-state index is 12.0. The summed E-state index contributed by atoms with van der Waals surface area (Å²) in [7, 11) is 0. The molecule has 6 nitrogen and oxygen atoms in total. The number of rotatable bonds is 7. The van der Waals surface area contributed by atoms with Crippen molar-refractivity contribution in [2.24, 2.45) is 10.7 Å². The van der Waals surface area contributed by atoms with Crippen molar-refractivity contribution >= 4 is 28.8 Å². The van der Waals surface area contributed by atoms with E-state index in [1.807, 2.05) is 46.7 Å². The summed E-state index contributed by atoms with van der Waals surface area (Å²) in [6.45, 7) is 3.16. The first-order chi connectivity index (χ1) is 12.7. The van der Waals surface area contributed by atoms with Crippen LogP contribution in [0.4, 0.5) is 5.69 Å². The molecule has 1 aromatic heterocycles. The fourth-order valence-electron chi connectivity index (χ4n) is 2.62. The molecule has 1 saturated heterocycles. The van der Waals surface area contributed by atoms with Crippen molar-refractivity contribution in [1.82, 2.24) is 4.90 Å². The molecule has 138 valence electrons. The van der Waals surface area contributed by atoms with Gasteiger partial charge in [-0.15, -0.1) is 11.3 Å². The van der Waals surface area contributed by atoms with Gasteiger partial charge in [0.15, 0.2) is 0 Å². The standard InChI is InChI=1S/C19H23N3O3S/c20-19(17-3-2-14-26-17)21-15-5-7-16(8-6-15)25-11-1-4-18(23)22-9-12-24-13-10-22/h2-3,5-8,14H,1,4,9-13H2,(H2,20,21). The first kappa shape index (κ1) is 18.4. The largest absolute Gasteiger partial charge is 0.494 e. The molecule has 0 unspecified atom stereocenters.